The molecule has 0 aliphatic carbocycles. The smallest absolute Gasteiger partial charge is 0.323 e. The Bertz CT molecular complexity index is 654. The van der Waals surface area contributed by atoms with Crippen LogP contribution in [0, 0.1) is 11.3 Å². The Kier molecular flexibility index (Phi) is 4.54. The van der Waals surface area contributed by atoms with Crippen LogP contribution in [0.25, 0.3) is 0 Å². The lowest BCUT2D eigenvalue weighted by molar-refractivity contribution is 0.262. The van der Waals surface area contributed by atoms with Gasteiger partial charge in [-0.1, -0.05) is 12.1 Å². The van der Waals surface area contributed by atoms with E-state index in [1.807, 2.05) is 25.1 Å². The van der Waals surface area contributed by atoms with E-state index in [9.17, 15) is 4.79 Å². The van der Waals surface area contributed by atoms with E-state index in [0.29, 0.717) is 16.9 Å². The third-order valence-corrected chi connectivity index (χ3v) is 2.97. The lowest BCUT2D eigenvalue weighted by Gasteiger charge is -2.09. The van der Waals surface area contributed by atoms with Crippen molar-refractivity contribution in [2.75, 3.05) is 10.6 Å². The molecular weight excluding hydrogens is 264 g/mol. The summed E-state index contributed by atoms with van der Waals surface area (Å²) < 4.78 is 0. The van der Waals surface area contributed by atoms with E-state index in [0.717, 1.165) is 5.56 Å². The zero-order valence-corrected chi connectivity index (χ0v) is 11.6. The molecule has 2 rings (SSSR count). The minimum atomic E-state index is -0.340. The Morgan fingerprint density at radius 3 is 1.95 bits per heavy atom. The molecule has 2 aromatic carbocycles. The molecule has 21 heavy (non-hydrogen) atoms. The zero-order chi connectivity index (χ0) is 15.2. The number of urea groups is 1. The van der Waals surface area contributed by atoms with Gasteiger partial charge in [0, 0.05) is 17.4 Å². The fourth-order valence-corrected chi connectivity index (χ4v) is 1.79. The second-order valence-electron chi connectivity index (χ2n) is 4.68. The molecule has 5 heteroatoms. The van der Waals surface area contributed by atoms with E-state index >= 15 is 0 Å². The second kappa shape index (κ2) is 6.55. The summed E-state index contributed by atoms with van der Waals surface area (Å²) in [5, 5.41) is 14.1. The maximum absolute atomic E-state index is 11.8. The van der Waals surface area contributed by atoms with Crippen molar-refractivity contribution < 1.29 is 4.79 Å². The van der Waals surface area contributed by atoms with Crippen LogP contribution in [0.15, 0.2) is 48.5 Å². The second-order valence-corrected chi connectivity index (χ2v) is 4.68. The molecule has 0 saturated carbocycles. The normalized spacial score (nSPS) is 11.3. The Labute approximate surface area is 123 Å². The molecule has 1 unspecified atom stereocenters. The number of carbonyl (C=O) groups excluding carboxylic acids is 1. The number of amides is 2. The number of hydrogen-bond donors (Lipinski definition) is 3. The molecule has 1 atom stereocenters. The molecular formula is C16H16N4O. The van der Waals surface area contributed by atoms with Crippen LogP contribution in [-0.2, 0) is 0 Å². The van der Waals surface area contributed by atoms with E-state index in [1.54, 1.807) is 36.4 Å². The van der Waals surface area contributed by atoms with E-state index in [1.165, 1.54) is 0 Å². The fraction of sp³-hybridized carbons (Fsp3) is 0.125. The average Bonchev–Trinajstić information content (AvgIpc) is 2.48. The Balaban J connectivity index is 1.96. The monoisotopic (exact) mass is 280 g/mol. The number of hydrogen-bond acceptors (Lipinski definition) is 3. The number of rotatable bonds is 3. The van der Waals surface area contributed by atoms with Gasteiger partial charge in [-0.05, 0) is 48.9 Å². The highest BCUT2D eigenvalue weighted by molar-refractivity contribution is 5.99. The van der Waals surface area contributed by atoms with Crippen LogP contribution in [-0.4, -0.2) is 6.03 Å². The highest BCUT2D eigenvalue weighted by atomic mass is 16.2. The summed E-state index contributed by atoms with van der Waals surface area (Å²) in [6.45, 7) is 1.90. The lowest BCUT2D eigenvalue weighted by atomic mass is 10.1. The number of carbonyl (C=O) groups is 1. The zero-order valence-electron chi connectivity index (χ0n) is 11.6. The van der Waals surface area contributed by atoms with Gasteiger partial charge in [0.15, 0.2) is 0 Å². The van der Waals surface area contributed by atoms with Crippen LogP contribution in [0.4, 0.5) is 16.2 Å². The fourth-order valence-electron chi connectivity index (χ4n) is 1.79. The Morgan fingerprint density at radius 2 is 1.52 bits per heavy atom. The highest BCUT2D eigenvalue weighted by Crippen LogP contribution is 2.15. The van der Waals surface area contributed by atoms with Gasteiger partial charge in [0.2, 0.25) is 0 Å². The largest absolute Gasteiger partial charge is 0.324 e. The van der Waals surface area contributed by atoms with Crippen molar-refractivity contribution in [3.05, 3.63) is 59.7 Å². The van der Waals surface area contributed by atoms with Crippen molar-refractivity contribution in [2.24, 2.45) is 5.73 Å². The van der Waals surface area contributed by atoms with Gasteiger partial charge < -0.3 is 16.4 Å². The van der Waals surface area contributed by atoms with E-state index < -0.39 is 0 Å². The number of nitriles is 1. The van der Waals surface area contributed by atoms with Gasteiger partial charge in [-0.3, -0.25) is 0 Å². The van der Waals surface area contributed by atoms with Gasteiger partial charge in [-0.2, -0.15) is 5.26 Å². The van der Waals surface area contributed by atoms with Crippen LogP contribution in [0.2, 0.25) is 0 Å². The summed E-state index contributed by atoms with van der Waals surface area (Å²) in [6.07, 6.45) is 0. The van der Waals surface area contributed by atoms with Crippen molar-refractivity contribution in [2.45, 2.75) is 13.0 Å². The summed E-state index contributed by atoms with van der Waals surface area (Å²) in [7, 11) is 0. The molecule has 2 amide bonds. The van der Waals surface area contributed by atoms with Crippen LogP contribution in [0.5, 0.6) is 0 Å². The van der Waals surface area contributed by atoms with E-state index in [4.69, 9.17) is 11.0 Å². The standard InChI is InChI=1S/C16H16N4O/c1-11(18)13-4-8-15(9-5-13)20-16(21)19-14-6-2-12(10-17)3-7-14/h2-9,11H,18H2,1H3,(H2,19,20,21). The first-order valence-corrected chi connectivity index (χ1v) is 6.52. The molecule has 0 fully saturated rings. The quantitative estimate of drug-likeness (QED) is 0.806. The van der Waals surface area contributed by atoms with Gasteiger partial charge >= 0.3 is 6.03 Å². The first-order valence-electron chi connectivity index (χ1n) is 6.52. The molecule has 0 aliphatic heterocycles. The van der Waals surface area contributed by atoms with Crippen LogP contribution < -0.4 is 16.4 Å². The molecule has 0 bridgehead atoms. The third-order valence-electron chi connectivity index (χ3n) is 2.97. The predicted molar refractivity (Wildman–Crippen MR) is 82.8 cm³/mol. The number of nitrogens with two attached hydrogens (primary N) is 1. The average molecular weight is 280 g/mol. The Hall–Kier alpha value is -2.84. The molecule has 0 aliphatic rings. The number of nitrogens with one attached hydrogen (secondary N) is 2. The van der Waals surface area contributed by atoms with Gasteiger partial charge in [0.25, 0.3) is 0 Å². The van der Waals surface area contributed by atoms with Crippen molar-refractivity contribution in [3.8, 4) is 6.07 Å². The highest BCUT2D eigenvalue weighted by Gasteiger charge is 2.04. The summed E-state index contributed by atoms with van der Waals surface area (Å²) in [6, 6.07) is 15.7. The van der Waals surface area contributed by atoms with Crippen LogP contribution in [0.1, 0.15) is 24.1 Å². The topological polar surface area (TPSA) is 90.9 Å². The molecule has 0 radical (unpaired) electrons. The maximum atomic E-state index is 11.8. The third kappa shape index (κ3) is 4.06. The van der Waals surface area contributed by atoms with Gasteiger partial charge in [-0.25, -0.2) is 4.79 Å². The summed E-state index contributed by atoms with van der Waals surface area (Å²) in [5.74, 6) is 0. The van der Waals surface area contributed by atoms with Crippen molar-refractivity contribution in [3.63, 3.8) is 0 Å². The summed E-state index contributed by atoms with van der Waals surface area (Å²) in [4.78, 5) is 11.8. The maximum Gasteiger partial charge on any atom is 0.323 e. The number of nitrogens with zero attached hydrogens (tertiary/aromatic N) is 1. The molecule has 0 heterocycles. The first-order chi connectivity index (χ1) is 10.1. The minimum absolute atomic E-state index is 0.0356. The number of benzene rings is 2. The lowest BCUT2D eigenvalue weighted by Crippen LogP contribution is -2.19. The predicted octanol–water partition coefficient (Wildman–Crippen LogP) is 3.22. The molecule has 4 N–H and O–H groups in total. The molecule has 2 aromatic rings. The molecule has 5 nitrogen and oxygen atoms in total. The van der Waals surface area contributed by atoms with Crippen LogP contribution in [0.3, 0.4) is 0 Å². The molecule has 0 saturated heterocycles. The van der Waals surface area contributed by atoms with Gasteiger partial charge in [0.1, 0.15) is 0 Å². The van der Waals surface area contributed by atoms with E-state index in [2.05, 4.69) is 10.6 Å². The Morgan fingerprint density at radius 1 is 1.05 bits per heavy atom. The van der Waals surface area contributed by atoms with Crippen molar-refractivity contribution in [1.29, 1.82) is 5.26 Å². The first kappa shape index (κ1) is 14.6. The van der Waals surface area contributed by atoms with Crippen molar-refractivity contribution in [1.82, 2.24) is 0 Å². The minimum Gasteiger partial charge on any atom is -0.324 e. The summed E-state index contributed by atoms with van der Waals surface area (Å²) in [5.41, 5.74) is 8.63. The molecule has 0 spiro atoms. The van der Waals surface area contributed by atoms with Gasteiger partial charge in [0.05, 0.1) is 11.6 Å². The van der Waals surface area contributed by atoms with Crippen LogP contribution >= 0.6 is 0 Å². The number of anilines is 2. The molecule has 0 aromatic heterocycles. The van der Waals surface area contributed by atoms with E-state index in [-0.39, 0.29) is 12.1 Å². The summed E-state index contributed by atoms with van der Waals surface area (Å²) >= 11 is 0. The van der Waals surface area contributed by atoms with Crippen molar-refractivity contribution >= 4 is 17.4 Å². The molecule has 106 valence electrons. The SMILES string of the molecule is CC(N)c1ccc(NC(=O)Nc2ccc(C#N)cc2)cc1. The van der Waals surface area contributed by atoms with Gasteiger partial charge in [-0.15, -0.1) is 0 Å².